The quantitative estimate of drug-likeness (QED) is 0.109. The third kappa shape index (κ3) is 8.63. The highest BCUT2D eigenvalue weighted by Crippen LogP contribution is 2.35. The number of anilines is 2. The molecule has 17 heteroatoms. The molecule has 0 saturated carbocycles. The average molecular weight is 769 g/mol. The normalized spacial score (nSPS) is 14.3. The fraction of sp³-hybridized carbons (Fsp3) is 0.297. The number of carbonyl (C=O) groups is 2. The molecule has 12 nitrogen and oxygen atoms in total. The summed E-state index contributed by atoms with van der Waals surface area (Å²) in [4.78, 5) is 32.6. The lowest BCUT2D eigenvalue weighted by Crippen LogP contribution is -2.42. The first-order valence-corrected chi connectivity index (χ1v) is 18.7. The van der Waals surface area contributed by atoms with Gasteiger partial charge in [-0.1, -0.05) is 48.9 Å². The first-order valence-electron chi connectivity index (χ1n) is 16.9. The van der Waals surface area contributed by atoms with E-state index in [0.717, 1.165) is 24.0 Å². The van der Waals surface area contributed by atoms with Crippen molar-refractivity contribution in [2.24, 2.45) is 0 Å². The number of likely N-dealkylation sites (tertiary alicyclic amines) is 1. The van der Waals surface area contributed by atoms with E-state index in [1.165, 1.54) is 27.9 Å². The number of halogens is 4. The van der Waals surface area contributed by atoms with Crippen LogP contribution in [0.15, 0.2) is 79.0 Å². The van der Waals surface area contributed by atoms with Gasteiger partial charge in [0.2, 0.25) is 12.3 Å². The number of piperidine rings is 1. The molecule has 54 heavy (non-hydrogen) atoms. The lowest BCUT2D eigenvalue weighted by molar-refractivity contribution is 0.0582. The van der Waals surface area contributed by atoms with Gasteiger partial charge < -0.3 is 9.64 Å². The largest absolute Gasteiger partial charge is 0.474 e. The zero-order chi connectivity index (χ0) is 38.7. The molecule has 1 unspecified atom stereocenters. The highest BCUT2D eigenvalue weighted by Gasteiger charge is 2.31. The summed E-state index contributed by atoms with van der Waals surface area (Å²) in [6.45, 7) is 3.78. The third-order valence-corrected chi connectivity index (χ3v) is 9.23. The maximum absolute atomic E-state index is 14.3. The monoisotopic (exact) mass is 768 g/mol. The first kappa shape index (κ1) is 38.2. The number of urea groups is 1. The molecule has 1 N–H and O–H groups in total. The molecular weight excluding hydrogens is 733 g/mol. The van der Waals surface area contributed by atoms with Crippen LogP contribution in [-0.2, 0) is 14.4 Å². The number of rotatable bonds is 11. The molecule has 0 spiro atoms. The summed E-state index contributed by atoms with van der Waals surface area (Å²) in [5, 5.41) is 8.34. The minimum atomic E-state index is -4.32. The fourth-order valence-corrected chi connectivity index (χ4v) is 6.50. The van der Waals surface area contributed by atoms with Crippen LogP contribution in [0.3, 0.4) is 0 Å². The van der Waals surface area contributed by atoms with E-state index in [4.69, 9.17) is 9.02 Å². The maximum atomic E-state index is 14.3. The van der Waals surface area contributed by atoms with E-state index in [0.29, 0.717) is 34.4 Å². The number of carbonyl (C=O) groups excluding carboxylic acids is 2. The van der Waals surface area contributed by atoms with Crippen LogP contribution in [0.5, 0.6) is 5.88 Å². The van der Waals surface area contributed by atoms with E-state index in [1.54, 1.807) is 55.5 Å². The van der Waals surface area contributed by atoms with Crippen molar-refractivity contribution in [1.82, 2.24) is 19.7 Å². The Labute approximate surface area is 308 Å². The van der Waals surface area contributed by atoms with Gasteiger partial charge in [-0.15, -0.1) is 9.35 Å². The molecule has 1 aliphatic heterocycles. The van der Waals surface area contributed by atoms with Gasteiger partial charge in [0, 0.05) is 55.1 Å². The molecule has 284 valence electrons. The minimum Gasteiger partial charge on any atom is -0.474 e. The SMILES string of the molecule is Cc1ccc(-n2nc(C(C)CC(F)F)cc2NC(=O)N(OS(C)(=O)=O)c2cnc(OC3CCN(C(=O)c4c(F)cccc4F)CC3)c3ccccc23)cc1. The summed E-state index contributed by atoms with van der Waals surface area (Å²) < 4.78 is 92.9. The Bertz CT molecular complexity index is 2260. The predicted octanol–water partition coefficient (Wildman–Crippen LogP) is 7.38. The van der Waals surface area contributed by atoms with Crippen LogP contribution in [0.2, 0.25) is 0 Å². The lowest BCUT2D eigenvalue weighted by atomic mass is 10.0. The van der Waals surface area contributed by atoms with E-state index >= 15 is 0 Å². The molecule has 3 aromatic carbocycles. The number of amides is 3. The number of ether oxygens (including phenoxy) is 1. The summed E-state index contributed by atoms with van der Waals surface area (Å²) >= 11 is 0. The summed E-state index contributed by atoms with van der Waals surface area (Å²) in [5.74, 6) is -3.13. The highest BCUT2D eigenvalue weighted by molar-refractivity contribution is 7.86. The number of hydroxylamine groups is 1. The van der Waals surface area contributed by atoms with E-state index < -0.39 is 64.1 Å². The Morgan fingerprint density at radius 1 is 0.981 bits per heavy atom. The summed E-state index contributed by atoms with van der Waals surface area (Å²) in [6.07, 6.45) is -0.915. The molecule has 0 bridgehead atoms. The second-order valence-electron chi connectivity index (χ2n) is 12.9. The molecular formula is C37H36F4N6O6S. The topological polar surface area (TPSA) is 136 Å². The number of aromatic nitrogens is 3. The predicted molar refractivity (Wildman–Crippen MR) is 192 cm³/mol. The minimum absolute atomic E-state index is 0.0573. The van der Waals surface area contributed by atoms with Crippen LogP contribution in [0.4, 0.5) is 33.9 Å². The summed E-state index contributed by atoms with van der Waals surface area (Å²) in [5.41, 5.74) is 1.03. The van der Waals surface area contributed by atoms with Crippen molar-refractivity contribution in [3.05, 3.63) is 107 Å². The maximum Gasteiger partial charge on any atom is 0.352 e. The second-order valence-corrected chi connectivity index (χ2v) is 14.5. The van der Waals surface area contributed by atoms with Gasteiger partial charge in [0.25, 0.3) is 16.0 Å². The highest BCUT2D eigenvalue weighted by atomic mass is 32.2. The Kier molecular flexibility index (Phi) is 11.2. The smallest absolute Gasteiger partial charge is 0.352 e. The van der Waals surface area contributed by atoms with E-state index in [1.807, 2.05) is 6.92 Å². The van der Waals surface area contributed by atoms with Crippen molar-refractivity contribution in [1.29, 1.82) is 0 Å². The van der Waals surface area contributed by atoms with Gasteiger partial charge in [-0.05, 0) is 37.3 Å². The number of hydrogen-bond donors (Lipinski definition) is 1. The van der Waals surface area contributed by atoms with E-state index in [-0.39, 0.29) is 36.2 Å². The van der Waals surface area contributed by atoms with Gasteiger partial charge in [-0.25, -0.2) is 32.0 Å². The molecule has 1 saturated heterocycles. The number of aryl methyl sites for hydroxylation is 1. The molecule has 1 fully saturated rings. The number of alkyl halides is 2. The number of fused-ring (bicyclic) bond motifs is 1. The summed E-state index contributed by atoms with van der Waals surface area (Å²) in [7, 11) is -4.32. The molecule has 3 amide bonds. The Hall–Kier alpha value is -5.55. The Balaban J connectivity index is 1.27. The van der Waals surface area contributed by atoms with Crippen LogP contribution in [-0.4, -0.2) is 71.9 Å². The zero-order valence-electron chi connectivity index (χ0n) is 29.4. The van der Waals surface area contributed by atoms with Crippen molar-refractivity contribution in [2.45, 2.75) is 51.6 Å². The van der Waals surface area contributed by atoms with Gasteiger partial charge in [0.05, 0.1) is 23.8 Å². The molecule has 2 aromatic heterocycles. The van der Waals surface area contributed by atoms with Gasteiger partial charge in [0.1, 0.15) is 34.8 Å². The lowest BCUT2D eigenvalue weighted by Gasteiger charge is -2.32. The Morgan fingerprint density at radius 3 is 2.26 bits per heavy atom. The standard InChI is InChI=1S/C37H36F4N6O6S/c1-22-11-13-24(14-12-22)46-33(20-30(44-46)23(2)19-32(40)41)43-37(49)47(53-54(3,50)51)31-21-42-35(27-8-5-4-7-26(27)31)52-25-15-17-45(18-16-25)36(48)34-28(38)9-6-10-29(34)39/h4-14,20-21,23,25,32H,15-19H2,1-3H3,(H,43,49). The number of nitrogens with zero attached hydrogens (tertiary/aromatic N) is 5. The number of pyridine rings is 1. The van der Waals surface area contributed by atoms with Crippen LogP contribution in [0, 0.1) is 18.6 Å². The first-order chi connectivity index (χ1) is 25.7. The van der Waals surface area contributed by atoms with Crippen molar-refractivity contribution < 1.29 is 44.6 Å². The van der Waals surface area contributed by atoms with Gasteiger partial charge in [0.15, 0.2) is 0 Å². The fourth-order valence-electron chi connectivity index (χ4n) is 6.08. The number of benzene rings is 3. The molecule has 3 heterocycles. The average Bonchev–Trinajstić information content (AvgIpc) is 3.54. The summed E-state index contributed by atoms with van der Waals surface area (Å²) in [6, 6.07) is 17.3. The number of hydrogen-bond acceptors (Lipinski definition) is 8. The molecule has 6 rings (SSSR count). The van der Waals surface area contributed by atoms with Crippen LogP contribution >= 0.6 is 0 Å². The zero-order valence-corrected chi connectivity index (χ0v) is 30.2. The van der Waals surface area contributed by atoms with Crippen molar-refractivity contribution in [2.75, 3.05) is 29.7 Å². The van der Waals surface area contributed by atoms with Crippen LogP contribution < -0.4 is 15.1 Å². The van der Waals surface area contributed by atoms with Crippen molar-refractivity contribution in [3.63, 3.8) is 0 Å². The van der Waals surface area contributed by atoms with E-state index in [2.05, 4.69) is 15.4 Å². The van der Waals surface area contributed by atoms with Crippen LogP contribution in [0.25, 0.3) is 16.5 Å². The van der Waals surface area contributed by atoms with Gasteiger partial charge >= 0.3 is 6.03 Å². The van der Waals surface area contributed by atoms with Crippen molar-refractivity contribution in [3.8, 4) is 11.6 Å². The second kappa shape index (κ2) is 15.8. The Morgan fingerprint density at radius 2 is 1.63 bits per heavy atom. The van der Waals surface area contributed by atoms with Crippen LogP contribution in [0.1, 0.15) is 53.7 Å². The molecule has 1 aliphatic rings. The molecule has 0 radical (unpaired) electrons. The number of nitrogens with one attached hydrogen (secondary N) is 1. The van der Waals surface area contributed by atoms with E-state index in [9.17, 15) is 35.6 Å². The molecule has 1 atom stereocenters. The van der Waals surface area contributed by atoms with Crippen molar-refractivity contribution >= 4 is 44.3 Å². The van der Waals surface area contributed by atoms with Gasteiger partial charge in [-0.2, -0.15) is 13.5 Å². The molecule has 5 aromatic rings. The van der Waals surface area contributed by atoms with Gasteiger partial charge in [-0.3, -0.25) is 10.1 Å². The molecule has 0 aliphatic carbocycles. The third-order valence-electron chi connectivity index (χ3n) is 8.81.